The topological polar surface area (TPSA) is 77.8 Å². The van der Waals surface area contributed by atoms with E-state index in [1.165, 1.54) is 0 Å². The molecular formula is C38H22N4O2. The van der Waals surface area contributed by atoms with Gasteiger partial charge in [0.15, 0.2) is 11.2 Å². The first kappa shape index (κ1) is 24.5. The second-order valence-electron chi connectivity index (χ2n) is 10.7. The van der Waals surface area contributed by atoms with E-state index >= 15 is 0 Å². The van der Waals surface area contributed by atoms with Crippen molar-refractivity contribution in [1.29, 1.82) is 0 Å². The third kappa shape index (κ3) is 3.89. The van der Waals surface area contributed by atoms with Gasteiger partial charge in [-0.3, -0.25) is 19.9 Å². The summed E-state index contributed by atoms with van der Waals surface area (Å²) in [5.74, 6) is 0. The Morgan fingerprint density at radius 3 is 2.11 bits per heavy atom. The molecule has 6 heteroatoms. The van der Waals surface area contributed by atoms with Crippen LogP contribution in [0.4, 0.5) is 0 Å². The van der Waals surface area contributed by atoms with E-state index in [4.69, 9.17) is 18.8 Å². The molecule has 3 aromatic carbocycles. The van der Waals surface area contributed by atoms with Crippen LogP contribution in [0.3, 0.4) is 0 Å². The minimum absolute atomic E-state index is 0.753. The fourth-order valence-corrected chi connectivity index (χ4v) is 6.04. The summed E-state index contributed by atoms with van der Waals surface area (Å²) in [6.07, 6.45) is 9.10. The van der Waals surface area contributed by atoms with Gasteiger partial charge in [0.2, 0.25) is 0 Å². The molecule has 0 fully saturated rings. The van der Waals surface area contributed by atoms with Gasteiger partial charge in [-0.1, -0.05) is 30.3 Å². The van der Waals surface area contributed by atoms with Crippen LogP contribution in [0.15, 0.2) is 143 Å². The second kappa shape index (κ2) is 9.71. The lowest BCUT2D eigenvalue weighted by atomic mass is 10.00. The molecule has 0 N–H and O–H groups in total. The average Bonchev–Trinajstić information content (AvgIpc) is 3.67. The highest BCUT2D eigenvalue weighted by molar-refractivity contribution is 6.11. The zero-order valence-electron chi connectivity index (χ0n) is 23.3. The van der Waals surface area contributed by atoms with E-state index in [9.17, 15) is 0 Å². The summed E-state index contributed by atoms with van der Waals surface area (Å²) < 4.78 is 12.8. The lowest BCUT2D eigenvalue weighted by Gasteiger charge is -2.06. The predicted octanol–water partition coefficient (Wildman–Crippen LogP) is 9.73. The Morgan fingerprint density at radius 2 is 1.23 bits per heavy atom. The van der Waals surface area contributed by atoms with E-state index in [0.29, 0.717) is 0 Å². The zero-order chi connectivity index (χ0) is 29.0. The van der Waals surface area contributed by atoms with Crippen molar-refractivity contribution in [3.8, 4) is 44.8 Å². The fraction of sp³-hybridized carbons (Fsp3) is 0. The predicted molar refractivity (Wildman–Crippen MR) is 174 cm³/mol. The molecule has 6 nitrogen and oxygen atoms in total. The number of pyridine rings is 4. The van der Waals surface area contributed by atoms with Crippen LogP contribution in [-0.4, -0.2) is 19.9 Å². The monoisotopic (exact) mass is 566 g/mol. The Hall–Kier alpha value is -6.14. The maximum atomic E-state index is 6.42. The van der Waals surface area contributed by atoms with Crippen molar-refractivity contribution in [3.63, 3.8) is 0 Å². The summed E-state index contributed by atoms with van der Waals surface area (Å²) >= 11 is 0. The zero-order valence-corrected chi connectivity index (χ0v) is 23.3. The first-order valence-corrected chi connectivity index (χ1v) is 14.4. The Kier molecular flexibility index (Phi) is 5.40. The summed E-state index contributed by atoms with van der Waals surface area (Å²) in [5.41, 5.74) is 11.8. The Labute approximate surface area is 251 Å². The molecule has 0 atom stereocenters. The number of hydrogen-bond acceptors (Lipinski definition) is 6. The number of hydrogen-bond donors (Lipinski definition) is 0. The van der Waals surface area contributed by atoms with Crippen LogP contribution in [0.1, 0.15) is 0 Å². The van der Waals surface area contributed by atoms with Gasteiger partial charge in [-0.25, -0.2) is 0 Å². The Bertz CT molecular complexity index is 2330. The van der Waals surface area contributed by atoms with Gasteiger partial charge in [-0.2, -0.15) is 0 Å². The van der Waals surface area contributed by atoms with Crippen LogP contribution in [0.5, 0.6) is 0 Å². The number of fused-ring (bicyclic) bond motifs is 6. The van der Waals surface area contributed by atoms with Gasteiger partial charge in [-0.05, 0) is 89.5 Å². The summed E-state index contributed by atoms with van der Waals surface area (Å²) in [6, 6.07) is 34.7. The van der Waals surface area contributed by atoms with E-state index in [1.54, 1.807) is 12.4 Å². The molecule has 0 aliphatic rings. The Morgan fingerprint density at radius 1 is 0.432 bits per heavy atom. The molecule has 9 aromatic rings. The van der Waals surface area contributed by atoms with E-state index < -0.39 is 0 Å². The molecule has 0 saturated carbocycles. The molecule has 6 aromatic heterocycles. The van der Waals surface area contributed by atoms with Crippen LogP contribution in [0, 0.1) is 0 Å². The number of nitrogens with zero attached hydrogens (tertiary/aromatic N) is 4. The number of rotatable bonds is 4. The van der Waals surface area contributed by atoms with E-state index in [1.807, 2.05) is 85.3 Å². The molecule has 0 aliphatic heterocycles. The lowest BCUT2D eigenvalue weighted by Crippen LogP contribution is -1.86. The highest BCUT2D eigenvalue weighted by atomic mass is 16.3. The number of furan rings is 2. The van der Waals surface area contributed by atoms with Crippen molar-refractivity contribution in [2.75, 3.05) is 0 Å². The Balaban J connectivity index is 1.16. The minimum atomic E-state index is 0.753. The third-order valence-electron chi connectivity index (χ3n) is 8.16. The first-order chi connectivity index (χ1) is 21.8. The molecule has 0 spiro atoms. The van der Waals surface area contributed by atoms with Crippen LogP contribution in [-0.2, 0) is 0 Å². The van der Waals surface area contributed by atoms with Gasteiger partial charge in [0, 0.05) is 63.8 Å². The van der Waals surface area contributed by atoms with Crippen LogP contribution < -0.4 is 0 Å². The van der Waals surface area contributed by atoms with Gasteiger partial charge in [0.25, 0.3) is 0 Å². The van der Waals surface area contributed by atoms with Crippen molar-refractivity contribution >= 4 is 44.0 Å². The molecule has 44 heavy (non-hydrogen) atoms. The second-order valence-corrected chi connectivity index (χ2v) is 10.7. The van der Waals surface area contributed by atoms with Gasteiger partial charge in [0.05, 0.1) is 5.69 Å². The molecule has 0 bridgehead atoms. The van der Waals surface area contributed by atoms with Gasteiger partial charge in [0.1, 0.15) is 22.4 Å². The van der Waals surface area contributed by atoms with E-state index in [-0.39, 0.29) is 0 Å². The average molecular weight is 567 g/mol. The van der Waals surface area contributed by atoms with Gasteiger partial charge in [-0.15, -0.1) is 0 Å². The first-order valence-electron chi connectivity index (χ1n) is 14.4. The third-order valence-corrected chi connectivity index (χ3v) is 8.16. The highest BCUT2D eigenvalue weighted by Crippen LogP contribution is 2.39. The molecule has 0 unspecified atom stereocenters. The van der Waals surface area contributed by atoms with Crippen molar-refractivity contribution in [2.45, 2.75) is 0 Å². The van der Waals surface area contributed by atoms with Crippen molar-refractivity contribution < 1.29 is 8.83 Å². The number of aromatic nitrogens is 4. The van der Waals surface area contributed by atoms with Crippen LogP contribution in [0.25, 0.3) is 88.8 Å². The lowest BCUT2D eigenvalue weighted by molar-refractivity contribution is 0.668. The summed E-state index contributed by atoms with van der Waals surface area (Å²) in [7, 11) is 0. The van der Waals surface area contributed by atoms with Crippen molar-refractivity contribution in [3.05, 3.63) is 134 Å². The normalized spacial score (nSPS) is 11.6. The van der Waals surface area contributed by atoms with Crippen LogP contribution >= 0.6 is 0 Å². The van der Waals surface area contributed by atoms with E-state index in [0.717, 1.165) is 88.8 Å². The van der Waals surface area contributed by atoms with Crippen LogP contribution in [0.2, 0.25) is 0 Å². The molecule has 206 valence electrons. The highest BCUT2D eigenvalue weighted by Gasteiger charge is 2.18. The SMILES string of the molecule is c1ccc(-c2ccc3oc4c(-c5cccc(-c6ccnc7c6oc6ccc(-c8ccncc8)cc67)c5)nccc4c3c2)nc1. The molecule has 0 radical (unpaired) electrons. The van der Waals surface area contributed by atoms with Crippen molar-refractivity contribution in [1.82, 2.24) is 19.9 Å². The van der Waals surface area contributed by atoms with Gasteiger partial charge < -0.3 is 8.83 Å². The molecule has 0 saturated heterocycles. The quantitative estimate of drug-likeness (QED) is 0.211. The van der Waals surface area contributed by atoms with Crippen molar-refractivity contribution in [2.24, 2.45) is 0 Å². The summed E-state index contributed by atoms with van der Waals surface area (Å²) in [4.78, 5) is 18.2. The fourth-order valence-electron chi connectivity index (χ4n) is 6.04. The number of benzene rings is 3. The minimum Gasteiger partial charge on any atom is -0.454 e. The summed E-state index contributed by atoms with van der Waals surface area (Å²) in [5, 5.41) is 3.03. The maximum Gasteiger partial charge on any atom is 0.161 e. The molecule has 0 amide bonds. The van der Waals surface area contributed by atoms with E-state index in [2.05, 4.69) is 46.4 Å². The summed E-state index contributed by atoms with van der Waals surface area (Å²) in [6.45, 7) is 0. The molecular weight excluding hydrogens is 544 g/mol. The molecule has 0 aliphatic carbocycles. The largest absolute Gasteiger partial charge is 0.454 e. The van der Waals surface area contributed by atoms with Gasteiger partial charge >= 0.3 is 0 Å². The molecule has 6 heterocycles. The molecule has 9 rings (SSSR count). The standard InChI is InChI=1S/C38H22N4O2/c1-2-15-40-32(6-1)26-8-10-33-30(22-26)29-14-19-41-35(38(29)43-33)27-5-3-4-25(20-27)28-13-18-42-36-31-21-24(23-11-16-39-17-12-23)7-9-34(31)44-37(28)36/h1-22H. The maximum absolute atomic E-state index is 6.42. The smallest absolute Gasteiger partial charge is 0.161 e.